The number of hydrogen-bond donors (Lipinski definition) is 4. The molecule has 4 N–H and O–H groups in total. The maximum atomic E-state index is 11.6. The molecule has 1 aliphatic rings. The highest BCUT2D eigenvalue weighted by atomic mass is 16.4. The number of carboxylic acid groups (broad SMARTS) is 1. The minimum absolute atomic E-state index is 0.140. The highest BCUT2D eigenvalue weighted by Crippen LogP contribution is 2.34. The Kier molecular flexibility index (Phi) is 6.27. The first-order valence-electron chi connectivity index (χ1n) is 6.91. The van der Waals surface area contributed by atoms with E-state index in [4.69, 9.17) is 5.11 Å². The van der Waals surface area contributed by atoms with Gasteiger partial charge in [-0.2, -0.15) is 0 Å². The largest absolute Gasteiger partial charge is 0.480 e. The van der Waals surface area contributed by atoms with Crippen LogP contribution in [-0.4, -0.2) is 42.6 Å². The Labute approximate surface area is 118 Å². The highest BCUT2D eigenvalue weighted by molar-refractivity contribution is 5.86. The van der Waals surface area contributed by atoms with Crippen molar-refractivity contribution in [3.8, 4) is 0 Å². The van der Waals surface area contributed by atoms with Crippen LogP contribution in [0.5, 0.6) is 0 Å². The molecule has 7 heteroatoms. The fourth-order valence-electron chi connectivity index (χ4n) is 2.34. The number of carbonyl (C=O) groups excluding carboxylic acids is 2. The molecule has 0 bridgehead atoms. The average Bonchev–Trinajstić information content (AvgIpc) is 2.41. The number of urea groups is 1. The third kappa shape index (κ3) is 6.40. The Balaban J connectivity index is 2.16. The smallest absolute Gasteiger partial charge is 0.322 e. The monoisotopic (exact) mass is 285 g/mol. The van der Waals surface area contributed by atoms with E-state index in [1.165, 1.54) is 19.3 Å². The van der Waals surface area contributed by atoms with Crippen molar-refractivity contribution in [2.24, 2.45) is 5.41 Å². The third-order valence-electron chi connectivity index (χ3n) is 3.58. The van der Waals surface area contributed by atoms with Crippen molar-refractivity contribution in [3.05, 3.63) is 0 Å². The number of hydrogen-bond acceptors (Lipinski definition) is 3. The van der Waals surface area contributed by atoms with Crippen LogP contribution < -0.4 is 16.0 Å². The van der Waals surface area contributed by atoms with E-state index < -0.39 is 24.5 Å². The lowest BCUT2D eigenvalue weighted by molar-refractivity contribution is -0.137. The maximum absolute atomic E-state index is 11.6. The second-order valence-electron chi connectivity index (χ2n) is 5.58. The minimum atomic E-state index is -1.12. The summed E-state index contributed by atoms with van der Waals surface area (Å²) in [5.74, 6) is -1.64. The summed E-state index contributed by atoms with van der Waals surface area (Å²) in [6.45, 7) is 2.08. The number of aliphatic carboxylic acids is 1. The maximum Gasteiger partial charge on any atom is 0.322 e. The SMILES string of the molecule is CC1(CNC(=O)NCC(=O)NCC(=O)O)CCCCC1. The predicted octanol–water partition coefficient (Wildman–Crippen LogP) is 0.457. The molecule has 1 aliphatic carbocycles. The summed E-state index contributed by atoms with van der Waals surface area (Å²) in [6.07, 6.45) is 5.85. The van der Waals surface area contributed by atoms with Crippen molar-refractivity contribution in [2.45, 2.75) is 39.0 Å². The van der Waals surface area contributed by atoms with Gasteiger partial charge in [0, 0.05) is 6.54 Å². The van der Waals surface area contributed by atoms with Crippen molar-refractivity contribution in [2.75, 3.05) is 19.6 Å². The standard InChI is InChI=1S/C13H23N3O4/c1-13(5-3-2-4-6-13)9-16-12(20)15-7-10(17)14-8-11(18)19/h2-9H2,1H3,(H,14,17)(H,18,19)(H2,15,16,20). The Bertz CT molecular complexity index is 365. The van der Waals surface area contributed by atoms with E-state index in [0.717, 1.165) is 12.8 Å². The minimum Gasteiger partial charge on any atom is -0.480 e. The van der Waals surface area contributed by atoms with E-state index in [0.29, 0.717) is 6.54 Å². The fraction of sp³-hybridized carbons (Fsp3) is 0.769. The van der Waals surface area contributed by atoms with Crippen LogP contribution in [0.1, 0.15) is 39.0 Å². The summed E-state index contributed by atoms with van der Waals surface area (Å²) in [4.78, 5) is 33.0. The normalized spacial score (nSPS) is 17.1. The number of rotatable bonds is 6. The summed E-state index contributed by atoms with van der Waals surface area (Å²) < 4.78 is 0. The molecule has 7 nitrogen and oxygen atoms in total. The van der Waals surface area contributed by atoms with Crippen molar-refractivity contribution >= 4 is 17.9 Å². The van der Waals surface area contributed by atoms with Crippen molar-refractivity contribution in [3.63, 3.8) is 0 Å². The Hall–Kier alpha value is -1.79. The highest BCUT2D eigenvalue weighted by Gasteiger charge is 2.27. The van der Waals surface area contributed by atoms with Gasteiger partial charge in [0.2, 0.25) is 5.91 Å². The van der Waals surface area contributed by atoms with Gasteiger partial charge in [0.15, 0.2) is 0 Å². The van der Waals surface area contributed by atoms with Crippen LogP contribution in [0.3, 0.4) is 0 Å². The molecule has 1 fully saturated rings. The van der Waals surface area contributed by atoms with Gasteiger partial charge in [-0.15, -0.1) is 0 Å². The van der Waals surface area contributed by atoms with Crippen LogP contribution in [0.25, 0.3) is 0 Å². The van der Waals surface area contributed by atoms with Crippen LogP contribution in [0.4, 0.5) is 4.79 Å². The molecule has 3 amide bonds. The summed E-state index contributed by atoms with van der Waals surface area (Å²) in [6, 6.07) is -0.401. The third-order valence-corrected chi connectivity index (χ3v) is 3.58. The van der Waals surface area contributed by atoms with Crippen LogP contribution in [0.15, 0.2) is 0 Å². The lowest BCUT2D eigenvalue weighted by atomic mass is 9.76. The quantitative estimate of drug-likeness (QED) is 0.568. The Morgan fingerprint density at radius 3 is 2.25 bits per heavy atom. The zero-order chi connectivity index (χ0) is 15.0. The van der Waals surface area contributed by atoms with Gasteiger partial charge in [-0.3, -0.25) is 9.59 Å². The van der Waals surface area contributed by atoms with E-state index in [2.05, 4.69) is 22.9 Å². The van der Waals surface area contributed by atoms with Crippen molar-refractivity contribution < 1.29 is 19.5 Å². The Morgan fingerprint density at radius 2 is 1.65 bits per heavy atom. The molecular formula is C13H23N3O4. The number of nitrogens with one attached hydrogen (secondary N) is 3. The first kappa shape index (κ1) is 16.3. The molecule has 0 aromatic rings. The molecule has 0 heterocycles. The first-order chi connectivity index (χ1) is 9.41. The number of carboxylic acids is 1. The number of carbonyl (C=O) groups is 3. The number of amides is 3. The zero-order valence-corrected chi connectivity index (χ0v) is 11.8. The average molecular weight is 285 g/mol. The van der Waals surface area contributed by atoms with E-state index in [1.807, 2.05) is 0 Å². The summed E-state index contributed by atoms with van der Waals surface area (Å²) in [5, 5.41) is 15.7. The fourth-order valence-corrected chi connectivity index (χ4v) is 2.34. The molecule has 1 saturated carbocycles. The lowest BCUT2D eigenvalue weighted by Crippen LogP contribution is -2.46. The predicted molar refractivity (Wildman–Crippen MR) is 73.2 cm³/mol. The molecule has 0 atom stereocenters. The van der Waals surface area contributed by atoms with E-state index in [-0.39, 0.29) is 12.0 Å². The van der Waals surface area contributed by atoms with Gasteiger partial charge in [0.1, 0.15) is 6.54 Å². The molecule has 0 aliphatic heterocycles. The van der Waals surface area contributed by atoms with Crippen LogP contribution >= 0.6 is 0 Å². The van der Waals surface area contributed by atoms with E-state index >= 15 is 0 Å². The van der Waals surface area contributed by atoms with Gasteiger partial charge in [-0.05, 0) is 18.3 Å². The summed E-state index contributed by atoms with van der Waals surface area (Å²) >= 11 is 0. The van der Waals surface area contributed by atoms with Gasteiger partial charge in [0.25, 0.3) is 0 Å². The summed E-state index contributed by atoms with van der Waals surface area (Å²) in [5.41, 5.74) is 0.140. The molecule has 0 aromatic carbocycles. The molecule has 0 aromatic heterocycles. The molecule has 20 heavy (non-hydrogen) atoms. The van der Waals surface area contributed by atoms with E-state index in [1.54, 1.807) is 0 Å². The second-order valence-corrected chi connectivity index (χ2v) is 5.58. The van der Waals surface area contributed by atoms with Crippen LogP contribution in [0, 0.1) is 5.41 Å². The van der Waals surface area contributed by atoms with Crippen molar-refractivity contribution in [1.29, 1.82) is 0 Å². The lowest BCUT2D eigenvalue weighted by Gasteiger charge is -2.33. The molecule has 0 saturated heterocycles. The van der Waals surface area contributed by atoms with E-state index in [9.17, 15) is 14.4 Å². The molecule has 0 unspecified atom stereocenters. The topological polar surface area (TPSA) is 108 Å². The van der Waals surface area contributed by atoms with Crippen molar-refractivity contribution in [1.82, 2.24) is 16.0 Å². The van der Waals surface area contributed by atoms with Gasteiger partial charge < -0.3 is 21.1 Å². The van der Waals surface area contributed by atoms with Gasteiger partial charge in [-0.1, -0.05) is 26.2 Å². The molecule has 114 valence electrons. The second kappa shape index (κ2) is 7.72. The van der Waals surface area contributed by atoms with Crippen LogP contribution in [-0.2, 0) is 9.59 Å². The molecule has 1 rings (SSSR count). The summed E-state index contributed by atoms with van der Waals surface area (Å²) in [7, 11) is 0. The molecule has 0 radical (unpaired) electrons. The zero-order valence-electron chi connectivity index (χ0n) is 11.8. The first-order valence-corrected chi connectivity index (χ1v) is 6.91. The molecule has 0 spiro atoms. The van der Waals surface area contributed by atoms with Gasteiger partial charge in [-0.25, -0.2) is 4.79 Å². The molecular weight excluding hydrogens is 262 g/mol. The van der Waals surface area contributed by atoms with Gasteiger partial charge in [0.05, 0.1) is 6.54 Å². The van der Waals surface area contributed by atoms with Crippen LogP contribution in [0.2, 0.25) is 0 Å². The van der Waals surface area contributed by atoms with Gasteiger partial charge >= 0.3 is 12.0 Å². The Morgan fingerprint density at radius 1 is 1.00 bits per heavy atom.